The molecule has 8 nitrogen and oxygen atoms in total. The highest BCUT2D eigenvalue weighted by Crippen LogP contribution is 2.28. The number of anilines is 1. The maximum Gasteiger partial charge on any atom is 0.240 e. The first kappa shape index (κ1) is 24.9. The van der Waals surface area contributed by atoms with E-state index in [1.807, 2.05) is 65.9 Å². The first-order valence-electron chi connectivity index (χ1n) is 11.7. The zero-order valence-electron chi connectivity index (χ0n) is 20.3. The van der Waals surface area contributed by atoms with Gasteiger partial charge in [0.15, 0.2) is 10.8 Å². The smallest absolute Gasteiger partial charge is 0.240 e. The first-order valence-corrected chi connectivity index (χ1v) is 14.0. The molecule has 1 amide bonds. The van der Waals surface area contributed by atoms with Crippen molar-refractivity contribution >= 4 is 49.9 Å². The third kappa shape index (κ3) is 5.36. The fourth-order valence-electron chi connectivity index (χ4n) is 3.98. The number of para-hydroxylation sites is 1. The van der Waals surface area contributed by atoms with Gasteiger partial charge in [-0.25, -0.2) is 13.1 Å². The minimum Gasteiger partial charge on any atom is -0.325 e. The van der Waals surface area contributed by atoms with Crippen molar-refractivity contribution in [3.8, 4) is 0 Å². The van der Waals surface area contributed by atoms with Crippen molar-refractivity contribution < 1.29 is 13.2 Å². The molecule has 5 aromatic rings. The Morgan fingerprint density at radius 2 is 1.68 bits per heavy atom. The summed E-state index contributed by atoms with van der Waals surface area (Å²) < 4.78 is 29.8. The molecule has 0 aliphatic rings. The van der Waals surface area contributed by atoms with Crippen LogP contribution in [-0.2, 0) is 21.4 Å². The van der Waals surface area contributed by atoms with Gasteiger partial charge in [0.2, 0.25) is 15.9 Å². The SMILES string of the molecule is Cc1cc2nnc(SC(C)C(=O)Nc3ccc(S(=O)(=O)NCc4ccccc4)cc3)n2c2ccccc12. The molecular formula is C27H25N5O3S2. The lowest BCUT2D eigenvalue weighted by Gasteiger charge is -2.13. The second kappa shape index (κ2) is 10.3. The zero-order valence-corrected chi connectivity index (χ0v) is 21.9. The van der Waals surface area contributed by atoms with E-state index in [1.165, 1.54) is 23.9 Å². The number of aryl methyl sites for hydroxylation is 1. The van der Waals surface area contributed by atoms with Crippen LogP contribution in [0.25, 0.3) is 16.6 Å². The number of carbonyl (C=O) groups excluding carboxylic acids is 1. The number of hydrogen-bond acceptors (Lipinski definition) is 6. The van der Waals surface area contributed by atoms with Gasteiger partial charge in [0.05, 0.1) is 15.7 Å². The van der Waals surface area contributed by atoms with E-state index < -0.39 is 15.3 Å². The van der Waals surface area contributed by atoms with Gasteiger partial charge in [0, 0.05) is 17.6 Å². The summed E-state index contributed by atoms with van der Waals surface area (Å²) in [5.41, 5.74) is 4.19. The summed E-state index contributed by atoms with van der Waals surface area (Å²) >= 11 is 1.31. The summed E-state index contributed by atoms with van der Waals surface area (Å²) in [7, 11) is -3.68. The van der Waals surface area contributed by atoms with Crippen molar-refractivity contribution in [3.63, 3.8) is 0 Å². The summed E-state index contributed by atoms with van der Waals surface area (Å²) in [5.74, 6) is -0.226. The topological polar surface area (TPSA) is 105 Å². The number of fused-ring (bicyclic) bond motifs is 3. The molecule has 3 aromatic carbocycles. The molecule has 2 heterocycles. The van der Waals surface area contributed by atoms with Crippen LogP contribution in [-0.4, -0.2) is 34.2 Å². The summed E-state index contributed by atoms with van der Waals surface area (Å²) in [6.07, 6.45) is 0. The lowest BCUT2D eigenvalue weighted by atomic mass is 10.1. The van der Waals surface area contributed by atoms with Gasteiger partial charge in [-0.05, 0) is 61.4 Å². The van der Waals surface area contributed by atoms with E-state index in [0.29, 0.717) is 10.8 Å². The third-order valence-electron chi connectivity index (χ3n) is 5.97. The number of amides is 1. The number of benzene rings is 3. The van der Waals surface area contributed by atoms with Crippen molar-refractivity contribution in [2.45, 2.75) is 35.7 Å². The van der Waals surface area contributed by atoms with Crippen molar-refractivity contribution in [2.75, 3.05) is 5.32 Å². The second-order valence-corrected chi connectivity index (χ2v) is 11.7. The first-order chi connectivity index (χ1) is 17.8. The Morgan fingerprint density at radius 3 is 2.43 bits per heavy atom. The van der Waals surface area contributed by atoms with Crippen LogP contribution in [0.4, 0.5) is 5.69 Å². The van der Waals surface area contributed by atoms with Gasteiger partial charge in [-0.15, -0.1) is 10.2 Å². The number of hydrogen-bond donors (Lipinski definition) is 2. The molecule has 10 heteroatoms. The van der Waals surface area contributed by atoms with Crippen LogP contribution in [0, 0.1) is 6.92 Å². The molecule has 0 aliphatic carbocycles. The van der Waals surface area contributed by atoms with Crippen LogP contribution in [0.1, 0.15) is 18.1 Å². The Hall–Kier alpha value is -3.73. The maximum absolute atomic E-state index is 12.9. The van der Waals surface area contributed by atoms with E-state index in [1.54, 1.807) is 19.1 Å². The molecule has 2 N–H and O–H groups in total. The molecule has 0 bridgehead atoms. The normalized spacial score (nSPS) is 12.6. The van der Waals surface area contributed by atoms with Crippen LogP contribution in [0.5, 0.6) is 0 Å². The molecule has 5 rings (SSSR count). The molecular weight excluding hydrogens is 506 g/mol. The van der Waals surface area contributed by atoms with E-state index in [4.69, 9.17) is 0 Å². The average molecular weight is 532 g/mol. The predicted molar refractivity (Wildman–Crippen MR) is 146 cm³/mol. The monoisotopic (exact) mass is 531 g/mol. The summed E-state index contributed by atoms with van der Waals surface area (Å²) in [5, 5.41) is 12.7. The number of rotatable bonds is 8. The number of nitrogens with zero attached hydrogens (tertiary/aromatic N) is 3. The molecule has 0 radical (unpaired) electrons. The molecule has 0 aliphatic heterocycles. The minimum atomic E-state index is -3.68. The molecule has 2 aromatic heterocycles. The molecule has 37 heavy (non-hydrogen) atoms. The number of pyridine rings is 1. The van der Waals surface area contributed by atoms with Gasteiger partial charge in [-0.2, -0.15) is 0 Å². The van der Waals surface area contributed by atoms with Crippen LogP contribution in [0.3, 0.4) is 0 Å². The summed E-state index contributed by atoms with van der Waals surface area (Å²) in [4.78, 5) is 13.0. The molecule has 0 saturated carbocycles. The summed E-state index contributed by atoms with van der Waals surface area (Å²) in [6.45, 7) is 4.03. The third-order valence-corrected chi connectivity index (χ3v) is 8.43. The Balaban J connectivity index is 1.26. The predicted octanol–water partition coefficient (Wildman–Crippen LogP) is 4.79. The number of carbonyl (C=O) groups is 1. The van der Waals surface area contributed by atoms with E-state index >= 15 is 0 Å². The maximum atomic E-state index is 12.9. The van der Waals surface area contributed by atoms with Crippen molar-refractivity contribution in [2.24, 2.45) is 0 Å². The molecule has 1 atom stereocenters. The lowest BCUT2D eigenvalue weighted by Crippen LogP contribution is -2.24. The van der Waals surface area contributed by atoms with Crippen LogP contribution < -0.4 is 10.0 Å². The van der Waals surface area contributed by atoms with E-state index in [9.17, 15) is 13.2 Å². The zero-order chi connectivity index (χ0) is 26.0. The Labute approximate surface area is 219 Å². The molecule has 188 valence electrons. The fourth-order valence-corrected chi connectivity index (χ4v) is 5.87. The second-order valence-electron chi connectivity index (χ2n) is 8.60. The van der Waals surface area contributed by atoms with Gasteiger partial charge >= 0.3 is 0 Å². The highest BCUT2D eigenvalue weighted by Gasteiger charge is 2.20. The summed E-state index contributed by atoms with van der Waals surface area (Å²) in [6, 6.07) is 25.4. The van der Waals surface area contributed by atoms with Crippen molar-refractivity contribution in [1.82, 2.24) is 19.3 Å². The van der Waals surface area contributed by atoms with Crippen molar-refractivity contribution in [1.29, 1.82) is 0 Å². The van der Waals surface area contributed by atoms with Crippen molar-refractivity contribution in [3.05, 3.63) is 96.1 Å². The lowest BCUT2D eigenvalue weighted by molar-refractivity contribution is -0.115. The largest absolute Gasteiger partial charge is 0.325 e. The van der Waals surface area contributed by atoms with E-state index in [2.05, 4.69) is 26.3 Å². The number of sulfonamides is 1. The number of aromatic nitrogens is 3. The number of thioether (sulfide) groups is 1. The van der Waals surface area contributed by atoms with Gasteiger partial charge in [0.1, 0.15) is 0 Å². The Morgan fingerprint density at radius 1 is 0.973 bits per heavy atom. The average Bonchev–Trinajstić information content (AvgIpc) is 3.31. The van der Waals surface area contributed by atoms with E-state index in [-0.39, 0.29) is 17.3 Å². The van der Waals surface area contributed by atoms with Crippen LogP contribution in [0.2, 0.25) is 0 Å². The molecule has 0 spiro atoms. The quantitative estimate of drug-likeness (QED) is 0.279. The standard InChI is InChI=1S/C27H25N5O3S2/c1-18-16-25-30-31-27(32(25)24-11-7-6-10-23(18)24)36-19(2)26(33)29-21-12-14-22(15-13-21)37(34,35)28-17-20-8-4-3-5-9-20/h3-16,19,28H,17H2,1-2H3,(H,29,33). The van der Waals surface area contributed by atoms with Crippen LogP contribution in [0.15, 0.2) is 95.0 Å². The Kier molecular flexibility index (Phi) is 6.96. The van der Waals surface area contributed by atoms with Gasteiger partial charge in [-0.1, -0.05) is 60.3 Å². The Bertz CT molecular complexity index is 1680. The highest BCUT2D eigenvalue weighted by molar-refractivity contribution is 8.00. The van der Waals surface area contributed by atoms with Crippen LogP contribution >= 0.6 is 11.8 Å². The molecule has 1 unspecified atom stereocenters. The highest BCUT2D eigenvalue weighted by atomic mass is 32.2. The van der Waals surface area contributed by atoms with Gasteiger partial charge < -0.3 is 5.32 Å². The molecule has 0 saturated heterocycles. The van der Waals surface area contributed by atoms with E-state index in [0.717, 1.165) is 27.7 Å². The molecule has 0 fully saturated rings. The van der Waals surface area contributed by atoms with Gasteiger partial charge in [0.25, 0.3) is 0 Å². The fraction of sp³-hybridized carbons (Fsp3) is 0.148. The number of nitrogens with one attached hydrogen (secondary N) is 2. The minimum absolute atomic E-state index is 0.126. The van der Waals surface area contributed by atoms with Gasteiger partial charge in [-0.3, -0.25) is 9.20 Å².